The van der Waals surface area contributed by atoms with Gasteiger partial charge in [0.05, 0.1) is 6.54 Å². The molecule has 0 bridgehead atoms. The number of hydrogen-bond acceptors (Lipinski definition) is 3. The lowest BCUT2D eigenvalue weighted by Gasteiger charge is -2.18. The van der Waals surface area contributed by atoms with Crippen LogP contribution >= 0.6 is 15.9 Å². The number of nitrogens with zero attached hydrogens (tertiary/aromatic N) is 1. The number of carboxylic acids is 1. The number of fused-ring (bicyclic) bond motifs is 1. The molecule has 3 aromatic carbocycles. The second-order valence-corrected chi connectivity index (χ2v) is 8.27. The Morgan fingerprint density at radius 3 is 2.41 bits per heavy atom. The van der Waals surface area contributed by atoms with Crippen LogP contribution in [0.2, 0.25) is 0 Å². The maximum atomic E-state index is 13.4. The predicted molar refractivity (Wildman–Crippen MR) is 128 cm³/mol. The van der Waals surface area contributed by atoms with Crippen LogP contribution in [-0.2, 0) is 11.3 Å². The molecule has 0 aliphatic carbocycles. The second-order valence-electron chi connectivity index (χ2n) is 7.36. The van der Waals surface area contributed by atoms with Crippen LogP contribution in [0.3, 0.4) is 0 Å². The Kier molecular flexibility index (Phi) is 5.92. The molecule has 1 heterocycles. The summed E-state index contributed by atoms with van der Waals surface area (Å²) in [6.07, 6.45) is 0. The molecule has 0 aliphatic heterocycles. The van der Waals surface area contributed by atoms with E-state index in [-0.39, 0.29) is 18.1 Å². The summed E-state index contributed by atoms with van der Waals surface area (Å²) in [7, 11) is 0. The van der Waals surface area contributed by atoms with Gasteiger partial charge in [0, 0.05) is 28.0 Å². The van der Waals surface area contributed by atoms with Crippen LogP contribution in [0, 0.1) is 0 Å². The van der Waals surface area contributed by atoms with E-state index in [2.05, 4.69) is 21.2 Å². The molecule has 1 amide bonds. The van der Waals surface area contributed by atoms with Crippen LogP contribution in [0.4, 0.5) is 5.69 Å². The lowest BCUT2D eigenvalue weighted by Crippen LogP contribution is -2.28. The molecule has 7 heteroatoms. The molecule has 0 radical (unpaired) electrons. The van der Waals surface area contributed by atoms with E-state index in [9.17, 15) is 19.5 Å². The number of amides is 1. The standard InChI is InChI=1S/C25H19BrN2O4/c1-15(29)27-19-9-5-6-16(12-19)14-28-23(25(31)32)22(17-7-3-2-4-8-17)21-13-18(26)10-11-20(21)24(28)30/h2-13H,14H2,1H3,(H,27,29)(H,31,32). The minimum atomic E-state index is -1.19. The molecule has 32 heavy (non-hydrogen) atoms. The number of carboxylic acid groups (broad SMARTS) is 1. The maximum Gasteiger partial charge on any atom is 0.353 e. The highest BCUT2D eigenvalue weighted by Gasteiger charge is 2.23. The summed E-state index contributed by atoms with van der Waals surface area (Å²) in [6, 6.07) is 21.4. The number of pyridine rings is 1. The third kappa shape index (κ3) is 4.20. The number of rotatable bonds is 5. The normalized spacial score (nSPS) is 10.8. The molecule has 0 atom stereocenters. The first-order valence-electron chi connectivity index (χ1n) is 9.86. The fraction of sp³-hybridized carbons (Fsp3) is 0.0800. The molecule has 2 N–H and O–H groups in total. The van der Waals surface area contributed by atoms with Gasteiger partial charge >= 0.3 is 5.97 Å². The van der Waals surface area contributed by atoms with Crippen LogP contribution < -0.4 is 10.9 Å². The maximum absolute atomic E-state index is 13.4. The first-order chi connectivity index (χ1) is 15.3. The van der Waals surface area contributed by atoms with Gasteiger partial charge in [0.2, 0.25) is 5.91 Å². The molecule has 160 valence electrons. The zero-order chi connectivity index (χ0) is 22.8. The fourth-order valence-corrected chi connectivity index (χ4v) is 4.18. The molecule has 0 saturated carbocycles. The summed E-state index contributed by atoms with van der Waals surface area (Å²) in [6.45, 7) is 1.45. The number of aromatic nitrogens is 1. The Morgan fingerprint density at radius 1 is 0.969 bits per heavy atom. The minimum Gasteiger partial charge on any atom is -0.477 e. The molecule has 0 fully saturated rings. The summed E-state index contributed by atoms with van der Waals surface area (Å²) in [5.41, 5.74) is 1.97. The number of hydrogen-bond donors (Lipinski definition) is 2. The van der Waals surface area contributed by atoms with Gasteiger partial charge in [-0.2, -0.15) is 0 Å². The summed E-state index contributed by atoms with van der Waals surface area (Å²) in [5, 5.41) is 13.9. The Hall–Kier alpha value is -3.71. The zero-order valence-electron chi connectivity index (χ0n) is 17.1. The largest absolute Gasteiger partial charge is 0.477 e. The van der Waals surface area contributed by atoms with Gasteiger partial charge in [-0.3, -0.25) is 14.2 Å². The highest BCUT2D eigenvalue weighted by Crippen LogP contribution is 2.33. The molecule has 6 nitrogen and oxygen atoms in total. The van der Waals surface area contributed by atoms with Crippen molar-refractivity contribution >= 4 is 44.3 Å². The third-order valence-corrected chi connectivity index (χ3v) is 5.58. The Balaban J connectivity index is 2.01. The van der Waals surface area contributed by atoms with Crippen molar-refractivity contribution in [3.63, 3.8) is 0 Å². The van der Waals surface area contributed by atoms with E-state index in [1.165, 1.54) is 11.5 Å². The smallest absolute Gasteiger partial charge is 0.353 e. The summed E-state index contributed by atoms with van der Waals surface area (Å²) >= 11 is 3.43. The van der Waals surface area contributed by atoms with E-state index in [0.29, 0.717) is 33.2 Å². The monoisotopic (exact) mass is 490 g/mol. The quantitative estimate of drug-likeness (QED) is 0.405. The van der Waals surface area contributed by atoms with E-state index < -0.39 is 11.5 Å². The molecular weight excluding hydrogens is 472 g/mol. The SMILES string of the molecule is CC(=O)Nc1cccc(Cn2c(C(=O)O)c(-c3ccccc3)c3cc(Br)ccc3c2=O)c1. The lowest BCUT2D eigenvalue weighted by molar-refractivity contribution is -0.114. The first-order valence-corrected chi connectivity index (χ1v) is 10.7. The zero-order valence-corrected chi connectivity index (χ0v) is 18.7. The Morgan fingerprint density at radius 2 is 1.72 bits per heavy atom. The predicted octanol–water partition coefficient (Wildman–Crippen LogP) is 5.14. The van der Waals surface area contributed by atoms with Crippen molar-refractivity contribution in [1.82, 2.24) is 4.57 Å². The van der Waals surface area contributed by atoms with Gasteiger partial charge < -0.3 is 10.4 Å². The van der Waals surface area contributed by atoms with Gasteiger partial charge in [0.1, 0.15) is 5.69 Å². The van der Waals surface area contributed by atoms with Gasteiger partial charge in [-0.05, 0) is 46.8 Å². The van der Waals surface area contributed by atoms with Gasteiger partial charge in [-0.1, -0.05) is 58.4 Å². The average Bonchev–Trinajstić information content (AvgIpc) is 2.75. The molecule has 0 saturated heterocycles. The van der Waals surface area contributed by atoms with Crippen LogP contribution in [0.25, 0.3) is 21.9 Å². The van der Waals surface area contributed by atoms with Crippen molar-refractivity contribution in [2.75, 3.05) is 5.32 Å². The second kappa shape index (κ2) is 8.80. The van der Waals surface area contributed by atoms with Gasteiger partial charge in [-0.25, -0.2) is 4.79 Å². The van der Waals surface area contributed by atoms with Crippen LogP contribution in [0.15, 0.2) is 82.1 Å². The minimum absolute atomic E-state index is 0.0414. The summed E-state index contributed by atoms with van der Waals surface area (Å²) < 4.78 is 2.03. The summed E-state index contributed by atoms with van der Waals surface area (Å²) in [4.78, 5) is 37.3. The van der Waals surface area contributed by atoms with Crippen molar-refractivity contribution in [2.24, 2.45) is 0 Å². The number of halogens is 1. The van der Waals surface area contributed by atoms with Crippen molar-refractivity contribution in [3.05, 3.63) is 98.9 Å². The van der Waals surface area contributed by atoms with Crippen LogP contribution in [0.1, 0.15) is 23.0 Å². The van der Waals surface area contributed by atoms with Crippen molar-refractivity contribution in [1.29, 1.82) is 0 Å². The van der Waals surface area contributed by atoms with E-state index in [1.807, 2.05) is 30.3 Å². The Labute approximate surface area is 192 Å². The summed E-state index contributed by atoms with van der Waals surface area (Å²) in [5.74, 6) is -1.41. The molecule has 1 aromatic heterocycles. The molecule has 0 unspecified atom stereocenters. The van der Waals surface area contributed by atoms with Crippen molar-refractivity contribution in [2.45, 2.75) is 13.5 Å². The van der Waals surface area contributed by atoms with Gasteiger partial charge in [-0.15, -0.1) is 0 Å². The molecule has 4 aromatic rings. The number of carbonyl (C=O) groups excluding carboxylic acids is 1. The lowest BCUT2D eigenvalue weighted by atomic mass is 9.96. The molecule has 4 rings (SSSR count). The van der Waals surface area contributed by atoms with Crippen LogP contribution in [0.5, 0.6) is 0 Å². The van der Waals surface area contributed by atoms with E-state index in [4.69, 9.17) is 0 Å². The number of carbonyl (C=O) groups is 2. The third-order valence-electron chi connectivity index (χ3n) is 5.09. The van der Waals surface area contributed by atoms with Gasteiger partial charge in [0.15, 0.2) is 0 Å². The van der Waals surface area contributed by atoms with E-state index in [0.717, 1.165) is 4.47 Å². The average molecular weight is 491 g/mol. The van der Waals surface area contributed by atoms with E-state index >= 15 is 0 Å². The topological polar surface area (TPSA) is 88.4 Å². The number of nitrogens with one attached hydrogen (secondary N) is 1. The number of anilines is 1. The van der Waals surface area contributed by atoms with Crippen molar-refractivity contribution in [3.8, 4) is 11.1 Å². The molecule has 0 spiro atoms. The number of aromatic carboxylic acids is 1. The Bertz CT molecular complexity index is 1410. The molecule has 0 aliphatic rings. The number of benzene rings is 3. The highest BCUT2D eigenvalue weighted by atomic mass is 79.9. The van der Waals surface area contributed by atoms with E-state index in [1.54, 1.807) is 42.5 Å². The van der Waals surface area contributed by atoms with Gasteiger partial charge in [0.25, 0.3) is 5.56 Å². The van der Waals surface area contributed by atoms with Crippen molar-refractivity contribution < 1.29 is 14.7 Å². The fourth-order valence-electron chi connectivity index (χ4n) is 3.82. The van der Waals surface area contributed by atoms with Crippen LogP contribution in [-0.4, -0.2) is 21.6 Å². The molecular formula is C25H19BrN2O4. The highest BCUT2D eigenvalue weighted by molar-refractivity contribution is 9.10. The first kappa shape index (κ1) is 21.5.